The highest BCUT2D eigenvalue weighted by atomic mass is 79.9. The van der Waals surface area contributed by atoms with Gasteiger partial charge < -0.3 is 5.43 Å². The number of hydrogen-bond acceptors (Lipinski definition) is 2. The van der Waals surface area contributed by atoms with Crippen molar-refractivity contribution in [3.63, 3.8) is 0 Å². The molecule has 0 radical (unpaired) electrons. The largest absolute Gasteiger partial charge is 0.323 e. The summed E-state index contributed by atoms with van der Waals surface area (Å²) in [5.41, 5.74) is 3.59. The van der Waals surface area contributed by atoms with Crippen molar-refractivity contribution < 1.29 is 4.39 Å². The topological polar surface area (TPSA) is 38.0 Å². The summed E-state index contributed by atoms with van der Waals surface area (Å²) in [6, 6.07) is 5.24. The van der Waals surface area contributed by atoms with Gasteiger partial charge in [0, 0.05) is 10.0 Å². The molecule has 0 aliphatic carbocycles. The van der Waals surface area contributed by atoms with E-state index in [-0.39, 0.29) is 0 Å². The summed E-state index contributed by atoms with van der Waals surface area (Å²) in [6.45, 7) is -0.515. The molecule has 11 heavy (non-hydrogen) atoms. The van der Waals surface area contributed by atoms with E-state index in [0.717, 1.165) is 4.47 Å². The average Bonchev–Trinajstić information content (AvgIpc) is 2.04. The molecule has 1 rings (SSSR count). The molecule has 0 amide bonds. The van der Waals surface area contributed by atoms with Crippen LogP contribution in [0.2, 0.25) is 0 Å². The number of nitrogen functional groups attached to an aromatic ring is 1. The summed E-state index contributed by atoms with van der Waals surface area (Å²) in [6.07, 6.45) is 0. The first kappa shape index (κ1) is 8.49. The van der Waals surface area contributed by atoms with Crippen LogP contribution in [0.5, 0.6) is 0 Å². The van der Waals surface area contributed by atoms with Gasteiger partial charge in [0.1, 0.15) is 6.67 Å². The van der Waals surface area contributed by atoms with Crippen LogP contribution in [0, 0.1) is 0 Å². The van der Waals surface area contributed by atoms with Gasteiger partial charge in [-0.1, -0.05) is 12.1 Å². The van der Waals surface area contributed by atoms with Crippen LogP contribution in [0.25, 0.3) is 0 Å². The summed E-state index contributed by atoms with van der Waals surface area (Å²) in [7, 11) is 0. The van der Waals surface area contributed by atoms with Crippen LogP contribution >= 0.6 is 15.9 Å². The normalized spacial score (nSPS) is 9.73. The quantitative estimate of drug-likeness (QED) is 0.591. The van der Waals surface area contributed by atoms with Gasteiger partial charge in [-0.05, 0) is 22.0 Å². The van der Waals surface area contributed by atoms with Crippen molar-refractivity contribution in [1.82, 2.24) is 0 Å². The van der Waals surface area contributed by atoms with E-state index in [2.05, 4.69) is 21.4 Å². The maximum atomic E-state index is 12.2. The Hall–Kier alpha value is -0.610. The fourth-order valence-corrected chi connectivity index (χ4v) is 1.36. The number of halogens is 2. The van der Waals surface area contributed by atoms with E-state index >= 15 is 0 Å². The fourth-order valence-electron chi connectivity index (χ4n) is 0.842. The van der Waals surface area contributed by atoms with E-state index in [9.17, 15) is 4.39 Å². The van der Waals surface area contributed by atoms with Crippen molar-refractivity contribution in [2.45, 2.75) is 6.67 Å². The zero-order chi connectivity index (χ0) is 8.27. The molecule has 0 atom stereocenters. The Bertz CT molecular complexity index is 252. The molecule has 0 aliphatic heterocycles. The van der Waals surface area contributed by atoms with Crippen molar-refractivity contribution >= 4 is 21.6 Å². The number of nitrogens with one attached hydrogen (secondary N) is 1. The first-order valence-corrected chi connectivity index (χ1v) is 3.89. The van der Waals surface area contributed by atoms with E-state index < -0.39 is 6.67 Å². The number of anilines is 1. The molecule has 0 bridgehead atoms. The van der Waals surface area contributed by atoms with Crippen LogP contribution in [0.3, 0.4) is 0 Å². The molecule has 2 nitrogen and oxygen atoms in total. The molecule has 0 fully saturated rings. The van der Waals surface area contributed by atoms with Gasteiger partial charge in [0.2, 0.25) is 0 Å². The lowest BCUT2D eigenvalue weighted by molar-refractivity contribution is 0.486. The Kier molecular flexibility index (Phi) is 2.84. The van der Waals surface area contributed by atoms with E-state index in [0.29, 0.717) is 11.3 Å². The molecule has 3 N–H and O–H groups in total. The summed E-state index contributed by atoms with van der Waals surface area (Å²) in [4.78, 5) is 0. The Labute approximate surface area is 72.7 Å². The number of hydrazine groups is 1. The first-order chi connectivity index (χ1) is 5.29. The lowest BCUT2D eigenvalue weighted by atomic mass is 10.2. The highest BCUT2D eigenvalue weighted by Gasteiger charge is 2.02. The molecule has 0 spiro atoms. The van der Waals surface area contributed by atoms with Gasteiger partial charge in [0.15, 0.2) is 0 Å². The van der Waals surface area contributed by atoms with Gasteiger partial charge in [-0.25, -0.2) is 4.39 Å². The summed E-state index contributed by atoms with van der Waals surface area (Å²) < 4.78 is 13.0. The van der Waals surface area contributed by atoms with E-state index in [4.69, 9.17) is 5.84 Å². The Morgan fingerprint density at radius 1 is 1.55 bits per heavy atom. The molecular formula is C7H8BrFN2. The zero-order valence-electron chi connectivity index (χ0n) is 5.77. The van der Waals surface area contributed by atoms with Crippen LogP contribution in [0.4, 0.5) is 10.1 Å². The van der Waals surface area contributed by atoms with Crippen molar-refractivity contribution in [3.05, 3.63) is 28.2 Å². The highest BCUT2D eigenvalue weighted by Crippen LogP contribution is 2.25. The molecule has 0 heterocycles. The molecule has 0 aliphatic rings. The molecule has 1 aromatic carbocycles. The minimum Gasteiger partial charge on any atom is -0.323 e. The third kappa shape index (κ3) is 1.70. The summed E-state index contributed by atoms with van der Waals surface area (Å²) in [5, 5.41) is 0. The van der Waals surface area contributed by atoms with Crippen LogP contribution in [0.1, 0.15) is 5.56 Å². The minimum absolute atomic E-state index is 0.515. The molecule has 0 saturated heterocycles. The Morgan fingerprint density at radius 2 is 2.27 bits per heavy atom. The molecule has 4 heteroatoms. The van der Waals surface area contributed by atoms with Crippen molar-refractivity contribution in [2.75, 3.05) is 5.43 Å². The predicted molar refractivity (Wildman–Crippen MR) is 46.8 cm³/mol. The molecule has 0 saturated carbocycles. The van der Waals surface area contributed by atoms with Gasteiger partial charge >= 0.3 is 0 Å². The molecular weight excluding hydrogens is 211 g/mol. The SMILES string of the molecule is NNc1c(Br)cccc1CF. The maximum absolute atomic E-state index is 12.2. The molecule has 60 valence electrons. The smallest absolute Gasteiger partial charge is 0.117 e. The highest BCUT2D eigenvalue weighted by molar-refractivity contribution is 9.10. The number of para-hydroxylation sites is 1. The van der Waals surface area contributed by atoms with E-state index in [1.807, 2.05) is 0 Å². The van der Waals surface area contributed by atoms with Gasteiger partial charge in [-0.2, -0.15) is 0 Å². The fraction of sp³-hybridized carbons (Fsp3) is 0.143. The molecule has 0 unspecified atom stereocenters. The van der Waals surface area contributed by atoms with Crippen LogP contribution < -0.4 is 11.3 Å². The molecule has 0 aromatic heterocycles. The second kappa shape index (κ2) is 3.69. The first-order valence-electron chi connectivity index (χ1n) is 3.09. The van der Waals surface area contributed by atoms with Crippen LogP contribution in [-0.2, 0) is 6.67 Å². The van der Waals surface area contributed by atoms with Gasteiger partial charge in [0.05, 0.1) is 5.69 Å². The third-order valence-electron chi connectivity index (χ3n) is 1.39. The third-order valence-corrected chi connectivity index (χ3v) is 2.05. The van der Waals surface area contributed by atoms with Crippen LogP contribution in [0.15, 0.2) is 22.7 Å². The second-order valence-electron chi connectivity index (χ2n) is 2.05. The van der Waals surface area contributed by atoms with Crippen molar-refractivity contribution in [1.29, 1.82) is 0 Å². The summed E-state index contributed by atoms with van der Waals surface area (Å²) in [5.74, 6) is 5.18. The minimum atomic E-state index is -0.515. The number of benzene rings is 1. The van der Waals surface area contributed by atoms with Gasteiger partial charge in [0.25, 0.3) is 0 Å². The maximum Gasteiger partial charge on any atom is 0.117 e. The van der Waals surface area contributed by atoms with Crippen LogP contribution in [-0.4, -0.2) is 0 Å². The number of rotatable bonds is 2. The van der Waals surface area contributed by atoms with Gasteiger partial charge in [-0.3, -0.25) is 5.84 Å². The van der Waals surface area contributed by atoms with E-state index in [1.54, 1.807) is 18.2 Å². The molecule has 1 aromatic rings. The average molecular weight is 219 g/mol. The standard InChI is InChI=1S/C7H8BrFN2/c8-6-3-1-2-5(4-9)7(6)11-10/h1-3,11H,4,10H2. The number of alkyl halides is 1. The second-order valence-corrected chi connectivity index (χ2v) is 2.91. The van der Waals surface area contributed by atoms with E-state index in [1.165, 1.54) is 0 Å². The lowest BCUT2D eigenvalue weighted by Gasteiger charge is -2.06. The van der Waals surface area contributed by atoms with Crippen molar-refractivity contribution in [3.8, 4) is 0 Å². The summed E-state index contributed by atoms with van der Waals surface area (Å²) >= 11 is 3.24. The monoisotopic (exact) mass is 218 g/mol. The van der Waals surface area contributed by atoms with Crippen molar-refractivity contribution in [2.24, 2.45) is 5.84 Å². The predicted octanol–water partition coefficient (Wildman–Crippen LogP) is 2.20. The lowest BCUT2D eigenvalue weighted by Crippen LogP contribution is -2.09. The number of nitrogens with two attached hydrogens (primary N) is 1. The van der Waals surface area contributed by atoms with Gasteiger partial charge in [-0.15, -0.1) is 0 Å². The Balaban J connectivity index is 3.13. The zero-order valence-corrected chi connectivity index (χ0v) is 7.36. The Morgan fingerprint density at radius 3 is 2.73 bits per heavy atom. The number of hydrogen-bond donors (Lipinski definition) is 2.